The lowest BCUT2D eigenvalue weighted by molar-refractivity contribution is 0.106. The Labute approximate surface area is 110 Å². The van der Waals surface area contributed by atoms with Gasteiger partial charge in [-0.1, -0.05) is 29.8 Å². The van der Waals surface area contributed by atoms with E-state index in [9.17, 15) is 5.11 Å². The highest BCUT2D eigenvalue weighted by atomic mass is 16.3. The van der Waals surface area contributed by atoms with Crippen LogP contribution in [0.15, 0.2) is 24.3 Å². The highest BCUT2D eigenvalue weighted by molar-refractivity contribution is 5.23. The Bertz CT molecular complexity index is 392. The van der Waals surface area contributed by atoms with Crippen LogP contribution in [-0.4, -0.2) is 29.1 Å². The van der Waals surface area contributed by atoms with E-state index in [1.807, 2.05) is 0 Å². The van der Waals surface area contributed by atoms with Crippen molar-refractivity contribution < 1.29 is 5.11 Å². The second-order valence-electron chi connectivity index (χ2n) is 6.05. The quantitative estimate of drug-likeness (QED) is 0.833. The molecule has 0 radical (unpaired) electrons. The maximum absolute atomic E-state index is 10.4. The predicted octanol–water partition coefficient (Wildman–Crippen LogP) is 2.90. The third-order valence-corrected chi connectivity index (χ3v) is 4.12. The van der Waals surface area contributed by atoms with Gasteiger partial charge in [0.2, 0.25) is 0 Å². The van der Waals surface area contributed by atoms with Gasteiger partial charge in [-0.3, -0.25) is 4.90 Å². The first-order chi connectivity index (χ1) is 8.72. The molecule has 98 valence electrons. The summed E-state index contributed by atoms with van der Waals surface area (Å²) in [6.45, 7) is 4.09. The van der Waals surface area contributed by atoms with Gasteiger partial charge in [0, 0.05) is 19.1 Å². The number of hydrogen-bond acceptors (Lipinski definition) is 2. The monoisotopic (exact) mass is 245 g/mol. The van der Waals surface area contributed by atoms with Crippen LogP contribution in [-0.2, 0) is 0 Å². The number of aliphatic hydroxyl groups excluding tert-OH is 1. The summed E-state index contributed by atoms with van der Waals surface area (Å²) in [7, 11) is 0. The van der Waals surface area contributed by atoms with Crippen molar-refractivity contribution in [3.8, 4) is 0 Å². The van der Waals surface area contributed by atoms with Crippen LogP contribution in [0.25, 0.3) is 0 Å². The Morgan fingerprint density at radius 3 is 2.39 bits per heavy atom. The lowest BCUT2D eigenvalue weighted by Gasteiger charge is -2.25. The first kappa shape index (κ1) is 12.2. The molecule has 0 heterocycles. The lowest BCUT2D eigenvalue weighted by atomic mass is 10.1. The van der Waals surface area contributed by atoms with Gasteiger partial charge in [-0.25, -0.2) is 0 Å². The maximum atomic E-state index is 10.4. The van der Waals surface area contributed by atoms with Crippen molar-refractivity contribution in [3.05, 3.63) is 35.4 Å². The van der Waals surface area contributed by atoms with Gasteiger partial charge in [0.05, 0.1) is 6.10 Å². The van der Waals surface area contributed by atoms with Gasteiger partial charge in [-0.2, -0.15) is 0 Å². The van der Waals surface area contributed by atoms with E-state index in [1.54, 1.807) is 0 Å². The number of aryl methyl sites for hydroxylation is 1. The van der Waals surface area contributed by atoms with Crippen LogP contribution in [0, 0.1) is 12.8 Å². The van der Waals surface area contributed by atoms with Crippen molar-refractivity contribution in [1.29, 1.82) is 0 Å². The maximum Gasteiger partial charge on any atom is 0.0917 e. The minimum atomic E-state index is -0.329. The average molecular weight is 245 g/mol. The smallest absolute Gasteiger partial charge is 0.0917 e. The van der Waals surface area contributed by atoms with Crippen LogP contribution in [0.5, 0.6) is 0 Å². The molecule has 0 spiro atoms. The molecule has 2 aliphatic carbocycles. The summed E-state index contributed by atoms with van der Waals surface area (Å²) in [4.78, 5) is 2.52. The number of benzene rings is 1. The van der Waals surface area contributed by atoms with E-state index < -0.39 is 0 Å². The van der Waals surface area contributed by atoms with Gasteiger partial charge in [0.25, 0.3) is 0 Å². The number of rotatable bonds is 6. The fraction of sp³-hybridized carbons (Fsp3) is 0.625. The Morgan fingerprint density at radius 1 is 1.17 bits per heavy atom. The fourth-order valence-electron chi connectivity index (χ4n) is 2.56. The van der Waals surface area contributed by atoms with Gasteiger partial charge in [-0.15, -0.1) is 0 Å². The molecular formula is C16H23NO. The van der Waals surface area contributed by atoms with Crippen molar-refractivity contribution >= 4 is 0 Å². The zero-order chi connectivity index (χ0) is 12.5. The van der Waals surface area contributed by atoms with Gasteiger partial charge >= 0.3 is 0 Å². The van der Waals surface area contributed by atoms with Crippen molar-refractivity contribution in [2.45, 2.75) is 44.8 Å². The molecule has 0 aliphatic heterocycles. The summed E-state index contributed by atoms with van der Waals surface area (Å²) >= 11 is 0. The van der Waals surface area contributed by atoms with Gasteiger partial charge < -0.3 is 5.11 Å². The van der Waals surface area contributed by atoms with Crippen molar-refractivity contribution in [2.24, 2.45) is 5.92 Å². The molecule has 2 fully saturated rings. The van der Waals surface area contributed by atoms with Crippen LogP contribution in [0.4, 0.5) is 0 Å². The molecule has 1 atom stereocenters. The van der Waals surface area contributed by atoms with E-state index in [-0.39, 0.29) is 6.10 Å². The lowest BCUT2D eigenvalue weighted by Crippen LogP contribution is -2.32. The van der Waals surface area contributed by atoms with E-state index in [0.717, 1.165) is 24.1 Å². The predicted molar refractivity (Wildman–Crippen MR) is 73.5 cm³/mol. The molecule has 0 bridgehead atoms. The highest BCUT2D eigenvalue weighted by Crippen LogP contribution is 2.35. The Balaban J connectivity index is 1.60. The summed E-state index contributed by atoms with van der Waals surface area (Å²) < 4.78 is 0. The molecule has 1 N–H and O–H groups in total. The molecule has 2 nitrogen and oxygen atoms in total. The van der Waals surface area contributed by atoms with E-state index >= 15 is 0 Å². The molecule has 0 saturated heterocycles. The number of hydrogen-bond donors (Lipinski definition) is 1. The molecule has 0 amide bonds. The molecule has 18 heavy (non-hydrogen) atoms. The molecule has 2 aliphatic rings. The van der Waals surface area contributed by atoms with Crippen LogP contribution in [0.1, 0.15) is 42.9 Å². The van der Waals surface area contributed by atoms with Crippen LogP contribution in [0.3, 0.4) is 0 Å². The number of aliphatic hydroxyl groups is 1. The van der Waals surface area contributed by atoms with E-state index in [0.29, 0.717) is 0 Å². The Morgan fingerprint density at radius 2 is 1.83 bits per heavy atom. The summed E-state index contributed by atoms with van der Waals surface area (Å²) in [5.41, 5.74) is 2.31. The molecule has 2 saturated carbocycles. The minimum absolute atomic E-state index is 0.329. The molecule has 1 aromatic carbocycles. The van der Waals surface area contributed by atoms with Gasteiger partial charge in [-0.05, 0) is 44.1 Å². The van der Waals surface area contributed by atoms with Crippen molar-refractivity contribution in [2.75, 3.05) is 13.1 Å². The zero-order valence-corrected chi connectivity index (χ0v) is 11.2. The van der Waals surface area contributed by atoms with Crippen molar-refractivity contribution in [3.63, 3.8) is 0 Å². The Kier molecular flexibility index (Phi) is 3.40. The fourth-order valence-corrected chi connectivity index (χ4v) is 2.56. The molecular weight excluding hydrogens is 222 g/mol. The first-order valence-corrected chi connectivity index (χ1v) is 7.21. The zero-order valence-electron chi connectivity index (χ0n) is 11.2. The molecule has 1 unspecified atom stereocenters. The highest BCUT2D eigenvalue weighted by Gasteiger charge is 2.34. The summed E-state index contributed by atoms with van der Waals surface area (Å²) in [6, 6.07) is 9.04. The van der Waals surface area contributed by atoms with Crippen LogP contribution < -0.4 is 0 Å². The summed E-state index contributed by atoms with van der Waals surface area (Å²) in [5.74, 6) is 0.913. The summed E-state index contributed by atoms with van der Waals surface area (Å²) in [6.07, 6.45) is 5.11. The van der Waals surface area contributed by atoms with E-state index in [4.69, 9.17) is 0 Å². The first-order valence-electron chi connectivity index (χ1n) is 7.21. The third kappa shape index (κ3) is 3.12. The second-order valence-corrected chi connectivity index (χ2v) is 6.05. The summed E-state index contributed by atoms with van der Waals surface area (Å²) in [5, 5.41) is 10.4. The molecule has 3 rings (SSSR count). The average Bonchev–Trinajstić information content (AvgIpc) is 3.23. The SMILES string of the molecule is Cc1ccc(C(O)CN(CC2CC2)C2CC2)cc1. The third-order valence-electron chi connectivity index (χ3n) is 4.12. The second kappa shape index (κ2) is 5.02. The van der Waals surface area contributed by atoms with E-state index in [2.05, 4.69) is 36.1 Å². The van der Waals surface area contributed by atoms with Crippen molar-refractivity contribution in [1.82, 2.24) is 4.90 Å². The topological polar surface area (TPSA) is 23.5 Å². The van der Waals surface area contributed by atoms with Gasteiger partial charge in [0.1, 0.15) is 0 Å². The van der Waals surface area contributed by atoms with Crippen LogP contribution in [0.2, 0.25) is 0 Å². The molecule has 0 aromatic heterocycles. The normalized spacial score (nSPS) is 21.3. The molecule has 1 aromatic rings. The molecule has 2 heteroatoms. The number of nitrogens with zero attached hydrogens (tertiary/aromatic N) is 1. The van der Waals surface area contributed by atoms with Gasteiger partial charge in [0.15, 0.2) is 0 Å². The Hall–Kier alpha value is -0.860. The van der Waals surface area contributed by atoms with Crippen LogP contribution >= 0.6 is 0 Å². The largest absolute Gasteiger partial charge is 0.387 e. The standard InChI is InChI=1S/C16H23NO/c1-12-2-6-14(7-3-12)16(18)11-17(15-8-9-15)10-13-4-5-13/h2-3,6-7,13,15-16,18H,4-5,8-11H2,1H3. The van der Waals surface area contributed by atoms with E-state index in [1.165, 1.54) is 37.8 Å². The minimum Gasteiger partial charge on any atom is -0.387 e.